The lowest BCUT2D eigenvalue weighted by atomic mass is 9.82. The molecule has 0 bridgehead atoms. The quantitative estimate of drug-likeness (QED) is 0.839. The molecule has 1 aromatic rings. The minimum atomic E-state index is -0.763. The fourth-order valence-electron chi connectivity index (χ4n) is 2.62. The van der Waals surface area contributed by atoms with Crippen molar-refractivity contribution >= 4 is 5.97 Å². The van der Waals surface area contributed by atoms with Gasteiger partial charge < -0.3 is 10.4 Å². The van der Waals surface area contributed by atoms with Gasteiger partial charge in [-0.15, -0.1) is 0 Å². The van der Waals surface area contributed by atoms with Crippen molar-refractivity contribution in [2.75, 3.05) is 13.1 Å². The van der Waals surface area contributed by atoms with E-state index >= 15 is 0 Å². The van der Waals surface area contributed by atoms with E-state index in [1.807, 2.05) is 12.1 Å². The van der Waals surface area contributed by atoms with Crippen LogP contribution in [0.3, 0.4) is 0 Å². The van der Waals surface area contributed by atoms with Gasteiger partial charge in [0.05, 0.1) is 6.42 Å². The van der Waals surface area contributed by atoms with Crippen molar-refractivity contribution in [3.8, 4) is 0 Å². The van der Waals surface area contributed by atoms with Crippen LogP contribution < -0.4 is 5.32 Å². The average Bonchev–Trinajstić information content (AvgIpc) is 2.29. The van der Waals surface area contributed by atoms with Crippen molar-refractivity contribution < 1.29 is 9.90 Å². The summed E-state index contributed by atoms with van der Waals surface area (Å²) in [5.41, 5.74) is 2.19. The highest BCUT2D eigenvalue weighted by molar-refractivity contribution is 5.70. The number of carboxylic acid groups (broad SMARTS) is 1. The van der Waals surface area contributed by atoms with E-state index < -0.39 is 5.97 Å². The number of piperidine rings is 1. The van der Waals surface area contributed by atoms with Gasteiger partial charge in [-0.05, 0) is 42.5 Å². The van der Waals surface area contributed by atoms with Crippen molar-refractivity contribution in [2.24, 2.45) is 5.92 Å². The monoisotopic (exact) mass is 233 g/mol. The van der Waals surface area contributed by atoms with Crippen molar-refractivity contribution in [1.29, 1.82) is 0 Å². The molecule has 1 saturated heterocycles. The van der Waals surface area contributed by atoms with Gasteiger partial charge >= 0.3 is 5.97 Å². The Morgan fingerprint density at radius 1 is 1.53 bits per heavy atom. The van der Waals surface area contributed by atoms with Crippen molar-refractivity contribution in [3.63, 3.8) is 0 Å². The zero-order valence-electron chi connectivity index (χ0n) is 10.1. The molecule has 0 unspecified atom stereocenters. The summed E-state index contributed by atoms with van der Waals surface area (Å²) < 4.78 is 0. The van der Waals surface area contributed by atoms with Crippen LogP contribution in [0.15, 0.2) is 24.3 Å². The largest absolute Gasteiger partial charge is 0.481 e. The predicted octanol–water partition coefficient (Wildman–Crippen LogP) is 2.03. The average molecular weight is 233 g/mol. The summed E-state index contributed by atoms with van der Waals surface area (Å²) in [5, 5.41) is 12.2. The van der Waals surface area contributed by atoms with Gasteiger partial charge in [-0.3, -0.25) is 4.79 Å². The molecule has 2 rings (SSSR count). The lowest BCUT2D eigenvalue weighted by Crippen LogP contribution is -2.33. The van der Waals surface area contributed by atoms with E-state index in [1.165, 1.54) is 5.56 Å². The summed E-state index contributed by atoms with van der Waals surface area (Å²) in [4.78, 5) is 10.7. The van der Waals surface area contributed by atoms with E-state index in [0.29, 0.717) is 11.8 Å². The number of hydrogen-bond donors (Lipinski definition) is 2. The predicted molar refractivity (Wildman–Crippen MR) is 67.2 cm³/mol. The van der Waals surface area contributed by atoms with Gasteiger partial charge in [0.25, 0.3) is 0 Å². The first kappa shape index (κ1) is 12.1. The molecule has 1 heterocycles. The van der Waals surface area contributed by atoms with Gasteiger partial charge in [-0.2, -0.15) is 0 Å². The lowest BCUT2D eigenvalue weighted by molar-refractivity contribution is -0.136. The Morgan fingerprint density at radius 3 is 3.06 bits per heavy atom. The number of carbonyl (C=O) groups is 1. The second kappa shape index (κ2) is 5.32. The molecule has 0 aliphatic carbocycles. The molecular weight excluding hydrogens is 214 g/mol. The SMILES string of the molecule is C[C@@H]1CNCC[C@@H]1c1cccc(CC(=O)O)c1. The molecule has 1 aromatic carbocycles. The van der Waals surface area contributed by atoms with Crippen LogP contribution >= 0.6 is 0 Å². The van der Waals surface area contributed by atoms with Crippen molar-refractivity contribution in [2.45, 2.75) is 25.7 Å². The first-order chi connectivity index (χ1) is 8.16. The molecule has 0 spiro atoms. The van der Waals surface area contributed by atoms with E-state index in [0.717, 1.165) is 25.1 Å². The third-order valence-corrected chi connectivity index (χ3v) is 3.52. The molecule has 0 radical (unpaired) electrons. The lowest BCUT2D eigenvalue weighted by Gasteiger charge is -2.30. The molecule has 2 N–H and O–H groups in total. The normalized spacial score (nSPS) is 24.5. The molecule has 0 amide bonds. The van der Waals surface area contributed by atoms with Crippen LogP contribution in [-0.4, -0.2) is 24.2 Å². The molecule has 0 aromatic heterocycles. The Balaban J connectivity index is 2.17. The van der Waals surface area contributed by atoms with Gasteiger partial charge in [-0.25, -0.2) is 0 Å². The third kappa shape index (κ3) is 3.07. The Labute approximate surface area is 102 Å². The van der Waals surface area contributed by atoms with E-state index in [2.05, 4.69) is 24.4 Å². The number of aliphatic carboxylic acids is 1. The topological polar surface area (TPSA) is 49.3 Å². The molecule has 3 nitrogen and oxygen atoms in total. The highest BCUT2D eigenvalue weighted by Crippen LogP contribution is 2.30. The zero-order chi connectivity index (χ0) is 12.3. The molecule has 2 atom stereocenters. The maximum atomic E-state index is 10.7. The van der Waals surface area contributed by atoms with Crippen LogP contribution in [0.25, 0.3) is 0 Å². The fraction of sp³-hybridized carbons (Fsp3) is 0.500. The van der Waals surface area contributed by atoms with E-state index in [-0.39, 0.29) is 6.42 Å². The molecular formula is C14H19NO2. The number of hydrogen-bond acceptors (Lipinski definition) is 2. The molecule has 1 aliphatic rings. The van der Waals surface area contributed by atoms with Crippen molar-refractivity contribution in [1.82, 2.24) is 5.32 Å². The van der Waals surface area contributed by atoms with Crippen LogP contribution in [0, 0.1) is 5.92 Å². The second-order valence-corrected chi connectivity index (χ2v) is 4.89. The minimum absolute atomic E-state index is 0.118. The zero-order valence-corrected chi connectivity index (χ0v) is 10.1. The van der Waals surface area contributed by atoms with E-state index in [1.54, 1.807) is 0 Å². The Bertz CT molecular complexity index is 403. The Kier molecular flexibility index (Phi) is 3.79. The van der Waals surface area contributed by atoms with Gasteiger partial charge in [0.15, 0.2) is 0 Å². The number of benzene rings is 1. The number of rotatable bonds is 3. The molecule has 17 heavy (non-hydrogen) atoms. The summed E-state index contributed by atoms with van der Waals surface area (Å²) in [5.74, 6) is 0.411. The summed E-state index contributed by atoms with van der Waals surface area (Å²) in [6.07, 6.45) is 1.25. The van der Waals surface area contributed by atoms with Gasteiger partial charge in [0, 0.05) is 0 Å². The van der Waals surface area contributed by atoms with Crippen LogP contribution in [0.1, 0.15) is 30.4 Å². The molecule has 1 aliphatic heterocycles. The molecule has 0 saturated carbocycles. The van der Waals surface area contributed by atoms with Crippen LogP contribution in [0.5, 0.6) is 0 Å². The van der Waals surface area contributed by atoms with Gasteiger partial charge in [0.1, 0.15) is 0 Å². The highest BCUT2D eigenvalue weighted by Gasteiger charge is 2.22. The van der Waals surface area contributed by atoms with E-state index in [4.69, 9.17) is 5.11 Å². The summed E-state index contributed by atoms with van der Waals surface area (Å²) in [7, 11) is 0. The summed E-state index contributed by atoms with van der Waals surface area (Å²) >= 11 is 0. The Morgan fingerprint density at radius 2 is 2.35 bits per heavy atom. The highest BCUT2D eigenvalue weighted by atomic mass is 16.4. The maximum Gasteiger partial charge on any atom is 0.307 e. The smallest absolute Gasteiger partial charge is 0.307 e. The first-order valence-electron chi connectivity index (χ1n) is 6.18. The molecule has 92 valence electrons. The standard InChI is InChI=1S/C14H19NO2/c1-10-9-15-6-5-13(10)12-4-2-3-11(7-12)8-14(16)17/h2-4,7,10,13,15H,5-6,8-9H2,1H3,(H,16,17)/t10-,13+/m1/s1. The van der Waals surface area contributed by atoms with Gasteiger partial charge in [0.2, 0.25) is 0 Å². The van der Waals surface area contributed by atoms with Crippen LogP contribution in [0.4, 0.5) is 0 Å². The minimum Gasteiger partial charge on any atom is -0.481 e. The number of nitrogens with one attached hydrogen (secondary N) is 1. The number of carboxylic acids is 1. The van der Waals surface area contributed by atoms with Crippen molar-refractivity contribution in [3.05, 3.63) is 35.4 Å². The molecule has 1 fully saturated rings. The third-order valence-electron chi connectivity index (χ3n) is 3.52. The van der Waals surface area contributed by atoms with Gasteiger partial charge in [-0.1, -0.05) is 31.2 Å². The fourth-order valence-corrected chi connectivity index (χ4v) is 2.62. The second-order valence-electron chi connectivity index (χ2n) is 4.89. The first-order valence-corrected chi connectivity index (χ1v) is 6.18. The molecule has 3 heteroatoms. The summed E-state index contributed by atoms with van der Waals surface area (Å²) in [6.45, 7) is 4.35. The Hall–Kier alpha value is -1.35. The summed E-state index contributed by atoms with van der Waals surface area (Å²) in [6, 6.07) is 8.05. The van der Waals surface area contributed by atoms with E-state index in [9.17, 15) is 4.79 Å². The van der Waals surface area contributed by atoms with Crippen LogP contribution in [0.2, 0.25) is 0 Å². The maximum absolute atomic E-state index is 10.7. The van der Waals surface area contributed by atoms with Crippen LogP contribution in [-0.2, 0) is 11.2 Å².